The smallest absolute Gasteiger partial charge is 0.256 e. The average molecular weight is 1180 g/mol. The largest absolute Gasteiger partial charge is 0.458 e. The second-order valence-electron chi connectivity index (χ2n) is 25.7. The first-order valence-electron chi connectivity index (χ1n) is 32.3. The fourth-order valence-corrected chi connectivity index (χ4v) is 17.9. The van der Waals surface area contributed by atoms with Crippen LogP contribution < -0.4 is 52.1 Å². The van der Waals surface area contributed by atoms with E-state index in [1.807, 2.05) is 0 Å². The number of ether oxygens (including phenoxy) is 2. The molecule has 1 spiro atoms. The van der Waals surface area contributed by atoms with Gasteiger partial charge in [-0.25, -0.2) is 0 Å². The van der Waals surface area contributed by atoms with Crippen molar-refractivity contribution in [1.29, 1.82) is 0 Å². The third-order valence-electron chi connectivity index (χ3n) is 21.3. The Morgan fingerprint density at radius 1 is 0.269 bits per heavy atom. The zero-order chi connectivity index (χ0) is 60.4. The SMILES string of the molecule is c1ccc(N(c2ccccc2)c2cc3c4c(c2)-n2c5ccccc5c5cccc(c52)B4c2cc4c(cc2O3)C2(c3ccccc3-4)c3ccccc3-c3cc4c(cc32)Oc2cc(N(c3ccccc3)c3ccccc3)cc3c2B4c2cccc4c5ccccc5n-3c24)cc1. The quantitative estimate of drug-likeness (QED) is 0.155. The monoisotopic (exact) mass is 1180 g/mol. The molecule has 0 amide bonds. The van der Waals surface area contributed by atoms with Gasteiger partial charge in [0.15, 0.2) is 0 Å². The molecular formula is C85H50B2N4O2. The van der Waals surface area contributed by atoms with E-state index in [2.05, 4.69) is 322 Å². The van der Waals surface area contributed by atoms with Crippen molar-refractivity contribution in [2.24, 2.45) is 0 Å². The Bertz CT molecular complexity index is 5530. The molecule has 0 unspecified atom stereocenters. The summed E-state index contributed by atoms with van der Waals surface area (Å²) >= 11 is 0. The molecule has 16 aromatic rings. The van der Waals surface area contributed by atoms with Crippen LogP contribution in [0.2, 0.25) is 0 Å². The van der Waals surface area contributed by atoms with Gasteiger partial charge in [-0.15, -0.1) is 0 Å². The number of hydrogen-bond donors (Lipinski definition) is 0. The maximum Gasteiger partial charge on any atom is 0.256 e. The number of fused-ring (bicyclic) bond motifs is 24. The highest BCUT2D eigenvalue weighted by atomic mass is 16.5. The summed E-state index contributed by atoms with van der Waals surface area (Å²) in [5.74, 6) is 3.45. The second-order valence-corrected chi connectivity index (χ2v) is 25.7. The molecule has 4 aliphatic heterocycles. The van der Waals surface area contributed by atoms with E-state index in [4.69, 9.17) is 9.47 Å². The van der Waals surface area contributed by atoms with E-state index in [1.54, 1.807) is 0 Å². The minimum Gasteiger partial charge on any atom is -0.458 e. The van der Waals surface area contributed by atoms with Crippen molar-refractivity contribution >= 4 is 124 Å². The molecular weight excluding hydrogens is 1130 g/mol. The predicted molar refractivity (Wildman–Crippen MR) is 383 cm³/mol. The maximum atomic E-state index is 7.77. The van der Waals surface area contributed by atoms with E-state index >= 15 is 0 Å². The van der Waals surface area contributed by atoms with Crippen LogP contribution in [0.25, 0.3) is 77.2 Å². The van der Waals surface area contributed by atoms with Crippen LogP contribution in [-0.4, -0.2) is 22.6 Å². The van der Waals surface area contributed by atoms with Gasteiger partial charge in [-0.05, 0) is 162 Å². The van der Waals surface area contributed by atoms with Gasteiger partial charge >= 0.3 is 0 Å². The molecule has 8 heteroatoms. The molecule has 93 heavy (non-hydrogen) atoms. The van der Waals surface area contributed by atoms with Crippen LogP contribution in [-0.2, 0) is 5.41 Å². The summed E-state index contributed by atoms with van der Waals surface area (Å²) in [6, 6.07) is 112. The van der Waals surface area contributed by atoms with Gasteiger partial charge in [0.2, 0.25) is 0 Å². The van der Waals surface area contributed by atoms with Gasteiger partial charge in [-0.3, -0.25) is 0 Å². The predicted octanol–water partition coefficient (Wildman–Crippen LogP) is 17.0. The van der Waals surface area contributed by atoms with Crippen LogP contribution in [0.1, 0.15) is 22.3 Å². The van der Waals surface area contributed by atoms with Crippen molar-refractivity contribution in [3.63, 3.8) is 0 Å². The van der Waals surface area contributed by atoms with Crippen molar-refractivity contribution in [3.8, 4) is 56.6 Å². The summed E-state index contributed by atoms with van der Waals surface area (Å²) in [4.78, 5) is 4.74. The van der Waals surface area contributed by atoms with Crippen molar-refractivity contribution in [3.05, 3.63) is 326 Å². The molecule has 2 aromatic heterocycles. The minimum atomic E-state index is -0.734. The Labute approximate surface area is 536 Å². The molecule has 22 rings (SSSR count). The number of hydrogen-bond acceptors (Lipinski definition) is 4. The fourth-order valence-electron chi connectivity index (χ4n) is 17.9. The molecule has 0 radical (unpaired) electrons. The summed E-state index contributed by atoms with van der Waals surface area (Å²) in [6.45, 7) is -0.248. The van der Waals surface area contributed by atoms with Crippen LogP contribution in [0, 0.1) is 0 Å². The van der Waals surface area contributed by atoms with E-state index in [-0.39, 0.29) is 13.4 Å². The molecule has 0 fully saturated rings. The highest BCUT2D eigenvalue weighted by Gasteiger charge is 2.55. The number of anilines is 6. The molecule has 6 aliphatic rings. The maximum absolute atomic E-state index is 7.77. The number of benzene rings is 14. The van der Waals surface area contributed by atoms with Crippen molar-refractivity contribution in [2.75, 3.05) is 9.80 Å². The molecule has 6 heterocycles. The Morgan fingerprint density at radius 2 is 0.634 bits per heavy atom. The summed E-state index contributed by atoms with van der Waals surface area (Å²) in [5, 5.41) is 4.97. The van der Waals surface area contributed by atoms with Gasteiger partial charge < -0.3 is 28.4 Å². The Hall–Kier alpha value is -12.0. The molecule has 6 nitrogen and oxygen atoms in total. The zero-order valence-electron chi connectivity index (χ0n) is 50.1. The van der Waals surface area contributed by atoms with Crippen LogP contribution in [0.4, 0.5) is 34.1 Å². The number of nitrogens with zero attached hydrogens (tertiary/aromatic N) is 4. The van der Waals surface area contributed by atoms with E-state index in [0.29, 0.717) is 0 Å². The van der Waals surface area contributed by atoms with Gasteiger partial charge in [0, 0.05) is 78.8 Å². The first kappa shape index (κ1) is 49.8. The molecule has 0 atom stereocenters. The average Bonchev–Trinajstić information content (AvgIpc) is 1.51. The summed E-state index contributed by atoms with van der Waals surface area (Å²) in [7, 11) is 0. The lowest BCUT2D eigenvalue weighted by atomic mass is 9.34. The third-order valence-corrected chi connectivity index (χ3v) is 21.3. The van der Waals surface area contributed by atoms with Crippen LogP contribution >= 0.6 is 0 Å². The van der Waals surface area contributed by atoms with E-state index in [1.165, 1.54) is 121 Å². The second kappa shape index (κ2) is 18.1. The van der Waals surface area contributed by atoms with Crippen LogP contribution in [0.15, 0.2) is 303 Å². The zero-order valence-corrected chi connectivity index (χ0v) is 50.1. The lowest BCUT2D eigenvalue weighted by Crippen LogP contribution is -2.58. The number of para-hydroxylation sites is 8. The molecule has 2 aliphatic carbocycles. The lowest BCUT2D eigenvalue weighted by molar-refractivity contribution is 0.485. The van der Waals surface area contributed by atoms with Crippen molar-refractivity contribution in [2.45, 2.75) is 5.41 Å². The van der Waals surface area contributed by atoms with Crippen LogP contribution in [0.3, 0.4) is 0 Å². The Morgan fingerprint density at radius 3 is 1.05 bits per heavy atom. The van der Waals surface area contributed by atoms with E-state index < -0.39 is 5.41 Å². The van der Waals surface area contributed by atoms with Crippen molar-refractivity contribution in [1.82, 2.24) is 9.13 Å². The van der Waals surface area contributed by atoms with Gasteiger partial charge in [0.25, 0.3) is 13.4 Å². The molecule has 0 saturated heterocycles. The minimum absolute atomic E-state index is 0.124. The summed E-state index contributed by atoms with van der Waals surface area (Å²) < 4.78 is 20.6. The third kappa shape index (κ3) is 6.39. The van der Waals surface area contributed by atoms with E-state index in [9.17, 15) is 0 Å². The first-order valence-corrected chi connectivity index (χ1v) is 32.3. The normalized spacial score (nSPS) is 13.8. The van der Waals surface area contributed by atoms with Gasteiger partial charge in [0.1, 0.15) is 23.0 Å². The van der Waals surface area contributed by atoms with Gasteiger partial charge in [-0.1, -0.05) is 206 Å². The summed E-state index contributed by atoms with van der Waals surface area (Å²) in [5.41, 5.74) is 29.8. The molecule has 14 aromatic carbocycles. The van der Waals surface area contributed by atoms with Crippen molar-refractivity contribution < 1.29 is 9.47 Å². The Kier molecular flexibility index (Phi) is 9.71. The topological polar surface area (TPSA) is 34.8 Å². The summed E-state index contributed by atoms with van der Waals surface area (Å²) in [6.07, 6.45) is 0. The number of rotatable bonds is 6. The fraction of sp³-hybridized carbons (Fsp3) is 0.0118. The highest BCUT2D eigenvalue weighted by Crippen LogP contribution is 2.64. The molecule has 0 bridgehead atoms. The number of aromatic nitrogens is 2. The standard InChI is InChI=1S/C85H50B2N4O2/c1-5-23-51(24-6-1)88(52-25-7-2-8-26-52)55-43-75-81-79(45-55)92-77-49-67-63(47-71(77)86(81)69-39-21-35-61-59-33-15-19-41-73(59)90(75)83(61)69)57-31-13-17-37-65(57)85(67)66-38-18-14-32-58(66)64-48-72-78(50-68(64)85)93-80-46-56(89(53-27-9-3-10-28-53)54-29-11-4-12-30-54)44-76-82(80)87(72)70-40-22-36-62-60-34-16-20-42-74(60)91(76)84(62)70/h1-50H. The van der Waals surface area contributed by atoms with Gasteiger partial charge in [-0.2, -0.15) is 0 Å². The molecule has 0 N–H and O–H groups in total. The Balaban J connectivity index is 0.791. The van der Waals surface area contributed by atoms with Crippen LogP contribution in [0.5, 0.6) is 23.0 Å². The molecule has 428 valence electrons. The van der Waals surface area contributed by atoms with Gasteiger partial charge in [0.05, 0.1) is 27.8 Å². The van der Waals surface area contributed by atoms with E-state index in [0.717, 1.165) is 68.5 Å². The lowest BCUT2D eigenvalue weighted by Gasteiger charge is -2.37. The molecule has 0 saturated carbocycles. The first-order chi connectivity index (χ1) is 46.2. The highest BCUT2D eigenvalue weighted by molar-refractivity contribution is 7.00.